The van der Waals surface area contributed by atoms with Crippen molar-refractivity contribution in [1.29, 1.82) is 0 Å². The first kappa shape index (κ1) is 13.2. The summed E-state index contributed by atoms with van der Waals surface area (Å²) in [7, 11) is -3.34. The highest BCUT2D eigenvalue weighted by molar-refractivity contribution is 7.91. The zero-order valence-electron chi connectivity index (χ0n) is 10.2. The molecule has 0 aliphatic rings. The molecule has 1 heterocycles. The van der Waals surface area contributed by atoms with E-state index in [1.54, 1.807) is 6.07 Å². The van der Waals surface area contributed by atoms with Crippen LogP contribution in [0.15, 0.2) is 16.5 Å². The van der Waals surface area contributed by atoms with Crippen molar-refractivity contribution in [2.75, 3.05) is 12.0 Å². The Morgan fingerprint density at radius 3 is 2.56 bits per heavy atom. The first-order chi connectivity index (χ1) is 8.13. The van der Waals surface area contributed by atoms with Crippen molar-refractivity contribution in [3.8, 4) is 0 Å². The zero-order chi connectivity index (χ0) is 13.7. The van der Waals surface area contributed by atoms with Crippen LogP contribution < -0.4 is 5.73 Å². The minimum Gasteiger partial charge on any atom is -0.439 e. The van der Waals surface area contributed by atoms with Crippen LogP contribution in [0.5, 0.6) is 0 Å². The molecule has 5 nitrogen and oxygen atoms in total. The molecule has 0 bridgehead atoms. The topological polar surface area (TPSA) is 86.2 Å². The molecule has 0 spiro atoms. The summed E-state index contributed by atoms with van der Waals surface area (Å²) in [6, 6.07) is 3.09. The molecule has 98 valence electrons. The Hall–Kier alpha value is -1.27. The van der Waals surface area contributed by atoms with Gasteiger partial charge in [-0.2, -0.15) is 0 Å². The SMILES string of the molecule is CC(C)(c1nc2cc(Cl)c(N)cc2o1)S(C)(=O)=O. The maximum Gasteiger partial charge on any atom is 0.216 e. The number of benzene rings is 1. The third-order valence-corrected chi connectivity index (χ3v) is 5.30. The molecule has 1 aromatic heterocycles. The van der Waals surface area contributed by atoms with E-state index < -0.39 is 14.6 Å². The fourth-order valence-corrected chi connectivity index (χ4v) is 1.94. The van der Waals surface area contributed by atoms with Crippen LogP contribution in [0.25, 0.3) is 11.1 Å². The van der Waals surface area contributed by atoms with Crippen LogP contribution in [0.1, 0.15) is 19.7 Å². The number of nitrogen functional groups attached to an aromatic ring is 1. The molecule has 7 heteroatoms. The minimum atomic E-state index is -3.34. The van der Waals surface area contributed by atoms with Crippen LogP contribution in [-0.4, -0.2) is 19.7 Å². The van der Waals surface area contributed by atoms with Crippen LogP contribution in [0, 0.1) is 0 Å². The van der Waals surface area contributed by atoms with Gasteiger partial charge in [-0.3, -0.25) is 0 Å². The van der Waals surface area contributed by atoms with Crippen molar-refractivity contribution in [3.63, 3.8) is 0 Å². The Morgan fingerprint density at radius 2 is 2.00 bits per heavy atom. The Labute approximate surface area is 110 Å². The molecular formula is C11H13ClN2O3S. The number of hydrogen-bond acceptors (Lipinski definition) is 5. The van der Waals surface area contributed by atoms with Gasteiger partial charge < -0.3 is 10.2 Å². The molecule has 0 saturated heterocycles. The third-order valence-electron chi connectivity index (χ3n) is 2.95. The van der Waals surface area contributed by atoms with Crippen molar-refractivity contribution in [3.05, 3.63) is 23.0 Å². The average molecular weight is 289 g/mol. The van der Waals surface area contributed by atoms with Gasteiger partial charge in [0.05, 0.1) is 10.7 Å². The van der Waals surface area contributed by atoms with E-state index in [0.29, 0.717) is 21.8 Å². The number of sulfone groups is 1. The summed E-state index contributed by atoms with van der Waals surface area (Å²) < 4.78 is 27.7. The number of halogens is 1. The molecule has 0 unspecified atom stereocenters. The van der Waals surface area contributed by atoms with Crippen molar-refractivity contribution >= 4 is 38.2 Å². The average Bonchev–Trinajstić information content (AvgIpc) is 2.60. The Balaban J connectivity index is 2.68. The van der Waals surface area contributed by atoms with E-state index in [-0.39, 0.29) is 5.89 Å². The monoisotopic (exact) mass is 288 g/mol. The van der Waals surface area contributed by atoms with Gasteiger partial charge in [-0.05, 0) is 19.9 Å². The second-order valence-corrected chi connectivity index (χ2v) is 7.62. The van der Waals surface area contributed by atoms with Gasteiger partial charge in [0.25, 0.3) is 0 Å². The number of hydrogen-bond donors (Lipinski definition) is 1. The lowest BCUT2D eigenvalue weighted by Gasteiger charge is -2.17. The van der Waals surface area contributed by atoms with Gasteiger partial charge in [-0.15, -0.1) is 0 Å². The molecule has 0 atom stereocenters. The minimum absolute atomic E-state index is 0.127. The largest absolute Gasteiger partial charge is 0.439 e. The summed E-state index contributed by atoms with van der Waals surface area (Å²) >= 11 is 5.88. The highest BCUT2D eigenvalue weighted by Crippen LogP contribution is 2.33. The molecule has 1 aromatic carbocycles. The quantitative estimate of drug-likeness (QED) is 0.857. The smallest absolute Gasteiger partial charge is 0.216 e. The standard InChI is InChI=1S/C11H13ClN2O3S/c1-11(2,18(3,15)16)10-14-8-4-6(12)7(13)5-9(8)17-10/h4-5H,13H2,1-3H3. The van der Waals surface area contributed by atoms with Crippen molar-refractivity contribution < 1.29 is 12.8 Å². The molecule has 18 heavy (non-hydrogen) atoms. The first-order valence-electron chi connectivity index (χ1n) is 5.18. The summed E-state index contributed by atoms with van der Waals surface area (Å²) in [5.74, 6) is 0.127. The highest BCUT2D eigenvalue weighted by atomic mass is 35.5. The molecule has 0 aliphatic carbocycles. The Kier molecular flexibility index (Phi) is 2.82. The van der Waals surface area contributed by atoms with Crippen LogP contribution in [0.4, 0.5) is 5.69 Å². The predicted octanol–water partition coefficient (Wildman–Crippen LogP) is 2.34. The van der Waals surface area contributed by atoms with Crippen LogP contribution in [-0.2, 0) is 14.6 Å². The molecule has 0 amide bonds. The molecule has 0 fully saturated rings. The van der Waals surface area contributed by atoms with Crippen molar-refractivity contribution in [2.24, 2.45) is 0 Å². The van der Waals surface area contributed by atoms with Crippen LogP contribution in [0.2, 0.25) is 5.02 Å². The lowest BCUT2D eigenvalue weighted by atomic mass is 10.2. The van der Waals surface area contributed by atoms with Gasteiger partial charge in [-0.1, -0.05) is 11.6 Å². The van der Waals surface area contributed by atoms with Crippen LogP contribution >= 0.6 is 11.6 Å². The van der Waals surface area contributed by atoms with E-state index in [2.05, 4.69) is 4.98 Å². The lowest BCUT2D eigenvalue weighted by molar-refractivity contribution is 0.454. The maximum atomic E-state index is 11.7. The summed E-state index contributed by atoms with van der Waals surface area (Å²) in [4.78, 5) is 4.17. The number of oxazole rings is 1. The van der Waals surface area contributed by atoms with Gasteiger partial charge in [0.15, 0.2) is 15.4 Å². The molecule has 2 aromatic rings. The van der Waals surface area contributed by atoms with E-state index in [0.717, 1.165) is 6.26 Å². The van der Waals surface area contributed by atoms with E-state index in [1.807, 2.05) is 0 Å². The van der Waals surface area contributed by atoms with E-state index >= 15 is 0 Å². The Morgan fingerprint density at radius 1 is 1.39 bits per heavy atom. The first-order valence-corrected chi connectivity index (χ1v) is 7.45. The molecular weight excluding hydrogens is 276 g/mol. The van der Waals surface area contributed by atoms with Gasteiger partial charge in [0.2, 0.25) is 5.89 Å². The summed E-state index contributed by atoms with van der Waals surface area (Å²) in [6.45, 7) is 3.08. The molecule has 2 rings (SSSR count). The zero-order valence-corrected chi connectivity index (χ0v) is 11.8. The van der Waals surface area contributed by atoms with Crippen molar-refractivity contribution in [1.82, 2.24) is 4.98 Å². The number of rotatable bonds is 2. The number of nitrogens with two attached hydrogens (primary N) is 1. The Bertz CT molecular complexity index is 680. The van der Waals surface area contributed by atoms with E-state index in [1.165, 1.54) is 19.9 Å². The molecule has 0 radical (unpaired) electrons. The third kappa shape index (κ3) is 1.95. The fraction of sp³-hybridized carbons (Fsp3) is 0.364. The van der Waals surface area contributed by atoms with Gasteiger partial charge in [-0.25, -0.2) is 13.4 Å². The van der Waals surface area contributed by atoms with Gasteiger partial charge >= 0.3 is 0 Å². The predicted molar refractivity (Wildman–Crippen MR) is 71.3 cm³/mol. The number of aromatic nitrogens is 1. The second-order valence-electron chi connectivity index (χ2n) is 4.64. The normalized spacial score (nSPS) is 13.1. The number of anilines is 1. The van der Waals surface area contributed by atoms with Gasteiger partial charge in [0.1, 0.15) is 10.3 Å². The van der Waals surface area contributed by atoms with Gasteiger partial charge in [0, 0.05) is 12.3 Å². The summed E-state index contributed by atoms with van der Waals surface area (Å²) in [6.07, 6.45) is 1.14. The molecule has 0 aliphatic heterocycles. The highest BCUT2D eigenvalue weighted by Gasteiger charge is 2.37. The number of fused-ring (bicyclic) bond motifs is 1. The second kappa shape index (κ2) is 3.86. The van der Waals surface area contributed by atoms with E-state index in [4.69, 9.17) is 21.8 Å². The molecule has 2 N–H and O–H groups in total. The lowest BCUT2D eigenvalue weighted by Crippen LogP contribution is -2.28. The molecule has 0 saturated carbocycles. The summed E-state index contributed by atoms with van der Waals surface area (Å²) in [5, 5.41) is 0.361. The maximum absolute atomic E-state index is 11.7. The van der Waals surface area contributed by atoms with Crippen molar-refractivity contribution in [2.45, 2.75) is 18.6 Å². The summed E-state index contributed by atoms with van der Waals surface area (Å²) in [5.41, 5.74) is 6.92. The van der Waals surface area contributed by atoms with Crippen LogP contribution in [0.3, 0.4) is 0 Å². The number of nitrogens with zero attached hydrogens (tertiary/aromatic N) is 1. The van der Waals surface area contributed by atoms with E-state index in [9.17, 15) is 8.42 Å². The fourth-order valence-electron chi connectivity index (χ4n) is 1.38.